The molecular formula is C13H19N3O2S. The Hall–Kier alpha value is -1.27. The third kappa shape index (κ3) is 2.84. The second-order valence-electron chi connectivity index (χ2n) is 5.60. The maximum Gasteiger partial charge on any atom is 0.240 e. The SMILES string of the molecule is Nc1ccc(N(CC2CC2)C2CC2)c(S(N)(=O)=O)c1. The van der Waals surface area contributed by atoms with Gasteiger partial charge in [0.25, 0.3) is 0 Å². The summed E-state index contributed by atoms with van der Waals surface area (Å²) in [5.41, 5.74) is 6.83. The monoisotopic (exact) mass is 281 g/mol. The van der Waals surface area contributed by atoms with Crippen LogP contribution in [-0.4, -0.2) is 21.0 Å². The third-order valence-electron chi connectivity index (χ3n) is 3.74. The zero-order valence-corrected chi connectivity index (χ0v) is 11.6. The lowest BCUT2D eigenvalue weighted by Gasteiger charge is -2.26. The first-order valence-electron chi connectivity index (χ1n) is 6.64. The predicted octanol–water partition coefficient (Wildman–Crippen LogP) is 1.29. The lowest BCUT2D eigenvalue weighted by Crippen LogP contribution is -2.30. The molecule has 19 heavy (non-hydrogen) atoms. The molecule has 1 aromatic rings. The molecule has 3 rings (SSSR count). The summed E-state index contributed by atoms with van der Waals surface area (Å²) in [6, 6.07) is 5.46. The van der Waals surface area contributed by atoms with Crippen molar-refractivity contribution in [2.24, 2.45) is 11.1 Å². The van der Waals surface area contributed by atoms with E-state index >= 15 is 0 Å². The van der Waals surface area contributed by atoms with E-state index in [0.717, 1.165) is 19.4 Å². The maximum absolute atomic E-state index is 11.8. The fourth-order valence-electron chi connectivity index (χ4n) is 2.40. The highest BCUT2D eigenvalue weighted by Crippen LogP contribution is 2.40. The second kappa shape index (κ2) is 4.38. The van der Waals surface area contributed by atoms with Crippen LogP contribution in [0.2, 0.25) is 0 Å². The Morgan fingerprint density at radius 3 is 2.42 bits per heavy atom. The first-order valence-corrected chi connectivity index (χ1v) is 8.19. The summed E-state index contributed by atoms with van der Waals surface area (Å²) >= 11 is 0. The van der Waals surface area contributed by atoms with E-state index in [1.165, 1.54) is 18.9 Å². The number of hydrogen-bond donors (Lipinski definition) is 2. The van der Waals surface area contributed by atoms with Crippen molar-refractivity contribution in [3.63, 3.8) is 0 Å². The van der Waals surface area contributed by atoms with Crippen LogP contribution < -0.4 is 15.8 Å². The van der Waals surface area contributed by atoms with Gasteiger partial charge < -0.3 is 10.6 Å². The molecule has 6 heteroatoms. The van der Waals surface area contributed by atoms with Crippen molar-refractivity contribution in [2.75, 3.05) is 17.2 Å². The van der Waals surface area contributed by atoms with E-state index in [2.05, 4.69) is 4.90 Å². The zero-order valence-electron chi connectivity index (χ0n) is 10.7. The van der Waals surface area contributed by atoms with Gasteiger partial charge in [0.05, 0.1) is 5.69 Å². The Morgan fingerprint density at radius 2 is 1.89 bits per heavy atom. The van der Waals surface area contributed by atoms with Gasteiger partial charge in [-0.15, -0.1) is 0 Å². The van der Waals surface area contributed by atoms with Crippen LogP contribution in [0.5, 0.6) is 0 Å². The van der Waals surface area contributed by atoms with Crippen molar-refractivity contribution >= 4 is 21.4 Å². The number of anilines is 2. The third-order valence-corrected chi connectivity index (χ3v) is 4.68. The molecule has 0 radical (unpaired) electrons. The van der Waals surface area contributed by atoms with Gasteiger partial charge in [-0.2, -0.15) is 0 Å². The molecule has 5 nitrogen and oxygen atoms in total. The minimum atomic E-state index is -3.74. The molecule has 2 saturated carbocycles. The van der Waals surface area contributed by atoms with Crippen LogP contribution in [0, 0.1) is 5.92 Å². The number of nitrogen functional groups attached to an aromatic ring is 1. The van der Waals surface area contributed by atoms with Gasteiger partial charge in [-0.1, -0.05) is 0 Å². The van der Waals surface area contributed by atoms with Crippen LogP contribution in [-0.2, 0) is 10.0 Å². The Labute approximate surface area is 113 Å². The van der Waals surface area contributed by atoms with Gasteiger partial charge in [0.15, 0.2) is 0 Å². The van der Waals surface area contributed by atoms with Crippen LogP contribution in [0.25, 0.3) is 0 Å². The summed E-state index contributed by atoms with van der Waals surface area (Å²) in [6.45, 7) is 0.928. The number of nitrogens with two attached hydrogens (primary N) is 2. The maximum atomic E-state index is 11.8. The fraction of sp³-hybridized carbons (Fsp3) is 0.538. The van der Waals surface area contributed by atoms with Crippen LogP contribution in [0.15, 0.2) is 23.1 Å². The van der Waals surface area contributed by atoms with E-state index < -0.39 is 10.0 Å². The summed E-state index contributed by atoms with van der Waals surface area (Å²) < 4.78 is 23.5. The molecular weight excluding hydrogens is 262 g/mol. The van der Waals surface area contributed by atoms with Crippen molar-refractivity contribution in [1.29, 1.82) is 0 Å². The summed E-state index contributed by atoms with van der Waals surface area (Å²) in [6.07, 6.45) is 4.73. The highest BCUT2D eigenvalue weighted by Gasteiger charge is 2.35. The number of benzene rings is 1. The first kappa shape index (κ1) is 12.7. The average Bonchev–Trinajstić information content (AvgIpc) is 3.19. The lowest BCUT2D eigenvalue weighted by atomic mass is 10.2. The molecule has 0 aliphatic heterocycles. The first-order chi connectivity index (χ1) is 8.95. The van der Waals surface area contributed by atoms with E-state index in [4.69, 9.17) is 10.9 Å². The smallest absolute Gasteiger partial charge is 0.240 e. The van der Waals surface area contributed by atoms with Crippen molar-refractivity contribution < 1.29 is 8.42 Å². The normalized spacial score (nSPS) is 19.4. The zero-order chi connectivity index (χ0) is 13.6. The molecule has 2 aliphatic carbocycles. The van der Waals surface area contributed by atoms with Gasteiger partial charge in [0, 0.05) is 18.3 Å². The lowest BCUT2D eigenvalue weighted by molar-refractivity contribution is 0.596. The quantitative estimate of drug-likeness (QED) is 0.796. The van der Waals surface area contributed by atoms with Gasteiger partial charge in [-0.3, -0.25) is 0 Å². The van der Waals surface area contributed by atoms with E-state index in [1.807, 2.05) is 0 Å². The molecule has 0 heterocycles. The predicted molar refractivity (Wildman–Crippen MR) is 75.3 cm³/mol. The minimum Gasteiger partial charge on any atom is -0.399 e. The molecule has 0 atom stereocenters. The number of sulfonamides is 1. The number of hydrogen-bond acceptors (Lipinski definition) is 4. The van der Waals surface area contributed by atoms with Crippen LogP contribution >= 0.6 is 0 Å². The number of primary sulfonamides is 1. The molecule has 1 aromatic carbocycles. The highest BCUT2D eigenvalue weighted by atomic mass is 32.2. The Balaban J connectivity index is 2.01. The summed E-state index contributed by atoms with van der Waals surface area (Å²) in [7, 11) is -3.74. The van der Waals surface area contributed by atoms with Crippen molar-refractivity contribution in [2.45, 2.75) is 36.6 Å². The van der Waals surface area contributed by atoms with Crippen LogP contribution in [0.1, 0.15) is 25.7 Å². The van der Waals surface area contributed by atoms with E-state index in [9.17, 15) is 8.42 Å². The van der Waals surface area contributed by atoms with E-state index in [1.54, 1.807) is 12.1 Å². The average molecular weight is 281 g/mol. The molecule has 0 unspecified atom stereocenters. The Kier molecular flexibility index (Phi) is 2.94. The fourth-order valence-corrected chi connectivity index (χ4v) is 3.18. The summed E-state index contributed by atoms with van der Waals surface area (Å²) in [5.74, 6) is 0.700. The van der Waals surface area contributed by atoms with E-state index in [0.29, 0.717) is 23.3 Å². The van der Waals surface area contributed by atoms with Gasteiger partial charge in [-0.05, 0) is 49.8 Å². The van der Waals surface area contributed by atoms with Crippen molar-refractivity contribution in [3.8, 4) is 0 Å². The topological polar surface area (TPSA) is 89.4 Å². The Bertz CT molecular complexity index is 592. The largest absolute Gasteiger partial charge is 0.399 e. The minimum absolute atomic E-state index is 0.153. The highest BCUT2D eigenvalue weighted by molar-refractivity contribution is 7.89. The number of nitrogens with zero attached hydrogens (tertiary/aromatic N) is 1. The van der Waals surface area contributed by atoms with Gasteiger partial charge in [-0.25, -0.2) is 13.6 Å². The molecule has 0 saturated heterocycles. The number of rotatable bonds is 5. The molecule has 2 fully saturated rings. The van der Waals surface area contributed by atoms with Crippen LogP contribution in [0.4, 0.5) is 11.4 Å². The second-order valence-corrected chi connectivity index (χ2v) is 7.13. The van der Waals surface area contributed by atoms with Gasteiger partial charge >= 0.3 is 0 Å². The molecule has 104 valence electrons. The van der Waals surface area contributed by atoms with Crippen LogP contribution in [0.3, 0.4) is 0 Å². The summed E-state index contributed by atoms with van der Waals surface area (Å²) in [4.78, 5) is 2.36. The molecule has 0 bridgehead atoms. The van der Waals surface area contributed by atoms with Gasteiger partial charge in [0.1, 0.15) is 4.90 Å². The molecule has 0 spiro atoms. The Morgan fingerprint density at radius 1 is 1.21 bits per heavy atom. The standard InChI is InChI=1S/C13H19N3O2S/c14-10-3-6-12(13(7-10)19(15,17)18)16(11-4-5-11)8-9-1-2-9/h3,6-7,9,11H,1-2,4-5,8,14H2,(H2,15,17,18). The van der Waals surface area contributed by atoms with Crippen molar-refractivity contribution in [3.05, 3.63) is 18.2 Å². The summed E-state index contributed by atoms with van der Waals surface area (Å²) in [5, 5.41) is 5.32. The van der Waals surface area contributed by atoms with E-state index in [-0.39, 0.29) is 4.90 Å². The molecule has 2 aliphatic rings. The molecule has 0 amide bonds. The van der Waals surface area contributed by atoms with Crippen molar-refractivity contribution in [1.82, 2.24) is 0 Å². The molecule has 4 N–H and O–H groups in total. The van der Waals surface area contributed by atoms with Gasteiger partial charge in [0.2, 0.25) is 10.0 Å². The molecule has 0 aromatic heterocycles.